The third-order valence-corrected chi connectivity index (χ3v) is 3.86. The van der Waals surface area contributed by atoms with E-state index in [0.717, 1.165) is 0 Å². The molecule has 3 amide bonds. The minimum atomic E-state index is -4.75. The van der Waals surface area contributed by atoms with Crippen molar-refractivity contribution in [2.75, 3.05) is 19.6 Å². The van der Waals surface area contributed by atoms with E-state index in [4.69, 9.17) is 0 Å². The summed E-state index contributed by atoms with van der Waals surface area (Å²) < 4.78 is 38.7. The summed E-state index contributed by atoms with van der Waals surface area (Å²) in [5, 5.41) is 14.4. The number of rotatable bonds is 4. The fourth-order valence-corrected chi connectivity index (χ4v) is 2.35. The van der Waals surface area contributed by atoms with Gasteiger partial charge in [0.1, 0.15) is 0 Å². The number of carbonyl (C=O) groups is 2. The van der Waals surface area contributed by atoms with Crippen molar-refractivity contribution in [3.05, 3.63) is 0 Å². The van der Waals surface area contributed by atoms with E-state index in [1.165, 1.54) is 11.8 Å². The van der Waals surface area contributed by atoms with Crippen LogP contribution in [0.25, 0.3) is 0 Å². The van der Waals surface area contributed by atoms with Crippen molar-refractivity contribution in [1.29, 1.82) is 0 Å². The molecule has 3 N–H and O–H groups in total. The van der Waals surface area contributed by atoms with Crippen LogP contribution in [0.1, 0.15) is 33.6 Å². The molecule has 1 fully saturated rings. The molecule has 134 valence electrons. The summed E-state index contributed by atoms with van der Waals surface area (Å²) in [6.45, 7) is 5.13. The molecule has 0 spiro atoms. The van der Waals surface area contributed by atoms with Crippen LogP contribution in [0.3, 0.4) is 0 Å². The van der Waals surface area contributed by atoms with Crippen molar-refractivity contribution < 1.29 is 27.9 Å². The molecule has 0 bridgehead atoms. The number of imide groups is 1. The van der Waals surface area contributed by atoms with Crippen LogP contribution in [0, 0.1) is 5.92 Å². The highest BCUT2D eigenvalue weighted by atomic mass is 19.4. The number of hydrogen-bond donors (Lipinski definition) is 3. The molecule has 1 aliphatic rings. The number of nitrogens with one attached hydrogen (secondary N) is 2. The van der Waals surface area contributed by atoms with E-state index in [2.05, 4.69) is 10.6 Å². The number of hydrogen-bond acceptors (Lipinski definition) is 4. The maximum Gasteiger partial charge on any atom is 0.418 e. The average molecular weight is 339 g/mol. The van der Waals surface area contributed by atoms with Crippen molar-refractivity contribution in [3.63, 3.8) is 0 Å². The van der Waals surface area contributed by atoms with Gasteiger partial charge in [-0.2, -0.15) is 13.2 Å². The second-order valence-corrected chi connectivity index (χ2v) is 6.37. The molecule has 23 heavy (non-hydrogen) atoms. The number of urea groups is 1. The van der Waals surface area contributed by atoms with Crippen molar-refractivity contribution in [3.8, 4) is 0 Å². The number of likely N-dealkylation sites (tertiary alicyclic amines) is 1. The van der Waals surface area contributed by atoms with Crippen LogP contribution in [-0.2, 0) is 4.79 Å². The Morgan fingerprint density at radius 2 is 1.91 bits per heavy atom. The van der Waals surface area contributed by atoms with Gasteiger partial charge in [0.25, 0.3) is 0 Å². The molecule has 0 saturated carbocycles. The lowest BCUT2D eigenvalue weighted by atomic mass is 9.91. The Bertz CT molecular complexity index is 443. The molecule has 0 aromatic rings. The van der Waals surface area contributed by atoms with E-state index >= 15 is 0 Å². The average Bonchev–Trinajstić information content (AvgIpc) is 2.43. The first-order valence-electron chi connectivity index (χ1n) is 7.58. The van der Waals surface area contributed by atoms with Gasteiger partial charge in [-0.1, -0.05) is 13.8 Å². The van der Waals surface area contributed by atoms with Crippen LogP contribution >= 0.6 is 0 Å². The van der Waals surface area contributed by atoms with Gasteiger partial charge < -0.3 is 10.4 Å². The van der Waals surface area contributed by atoms with Crippen molar-refractivity contribution in [2.24, 2.45) is 5.92 Å². The summed E-state index contributed by atoms with van der Waals surface area (Å²) >= 11 is 0. The third kappa shape index (κ3) is 5.35. The summed E-state index contributed by atoms with van der Waals surface area (Å²) in [4.78, 5) is 24.8. The topological polar surface area (TPSA) is 81.7 Å². The molecule has 1 saturated heterocycles. The van der Waals surface area contributed by atoms with E-state index in [-0.39, 0.29) is 18.9 Å². The van der Waals surface area contributed by atoms with Gasteiger partial charge in [0, 0.05) is 13.1 Å². The highest BCUT2D eigenvalue weighted by Gasteiger charge is 2.55. The molecule has 0 radical (unpaired) electrons. The molecule has 0 aromatic heterocycles. The number of nitrogens with zero attached hydrogens (tertiary/aromatic N) is 1. The van der Waals surface area contributed by atoms with Crippen LogP contribution in [0.2, 0.25) is 0 Å². The zero-order valence-electron chi connectivity index (χ0n) is 13.5. The normalized spacial score (nSPS) is 24.3. The minimum Gasteiger partial charge on any atom is -0.379 e. The first kappa shape index (κ1) is 19.7. The summed E-state index contributed by atoms with van der Waals surface area (Å²) in [6, 6.07) is -1.63. The molecule has 9 heteroatoms. The van der Waals surface area contributed by atoms with Crippen molar-refractivity contribution in [1.82, 2.24) is 15.5 Å². The van der Waals surface area contributed by atoms with E-state index in [0.29, 0.717) is 6.54 Å². The zero-order valence-corrected chi connectivity index (χ0v) is 13.5. The number of alkyl halides is 3. The smallest absolute Gasteiger partial charge is 0.379 e. The van der Waals surface area contributed by atoms with E-state index in [9.17, 15) is 27.9 Å². The van der Waals surface area contributed by atoms with Crippen molar-refractivity contribution in [2.45, 2.75) is 51.4 Å². The van der Waals surface area contributed by atoms with Crippen LogP contribution in [0.4, 0.5) is 18.0 Å². The number of piperidine rings is 1. The highest BCUT2D eigenvalue weighted by Crippen LogP contribution is 2.37. The molecular formula is C14H24F3N3O3. The van der Waals surface area contributed by atoms with Gasteiger partial charge in [-0.05, 0) is 32.2 Å². The number of halogens is 3. The molecule has 1 rings (SSSR count). The SMILES string of the molecule is CC(C)CNC(=O)NC(=O)[C@@H](C)N1CCC[C@@](O)(C(F)(F)F)C1. The maximum absolute atomic E-state index is 12.9. The van der Waals surface area contributed by atoms with Crippen LogP contribution in [0.15, 0.2) is 0 Å². The monoisotopic (exact) mass is 339 g/mol. The molecule has 2 atom stereocenters. The summed E-state index contributed by atoms with van der Waals surface area (Å²) in [5.74, 6) is -0.491. The molecule has 0 aromatic carbocycles. The van der Waals surface area contributed by atoms with E-state index < -0.39 is 42.7 Å². The van der Waals surface area contributed by atoms with Gasteiger partial charge in [-0.3, -0.25) is 15.0 Å². The quantitative estimate of drug-likeness (QED) is 0.720. The number of aliphatic hydroxyl groups is 1. The highest BCUT2D eigenvalue weighted by molar-refractivity contribution is 5.96. The molecule has 1 aliphatic heterocycles. The summed E-state index contributed by atoms with van der Waals surface area (Å²) in [7, 11) is 0. The van der Waals surface area contributed by atoms with Gasteiger partial charge in [-0.15, -0.1) is 0 Å². The van der Waals surface area contributed by atoms with Crippen LogP contribution in [0.5, 0.6) is 0 Å². The van der Waals surface area contributed by atoms with Crippen molar-refractivity contribution >= 4 is 11.9 Å². The molecule has 0 aliphatic carbocycles. The molecule has 1 heterocycles. The Labute approximate surface area is 133 Å². The van der Waals surface area contributed by atoms with Gasteiger partial charge in [0.15, 0.2) is 5.60 Å². The van der Waals surface area contributed by atoms with Gasteiger partial charge in [0.05, 0.1) is 6.04 Å². The molecular weight excluding hydrogens is 315 g/mol. The van der Waals surface area contributed by atoms with E-state index in [1.54, 1.807) is 0 Å². The Hall–Kier alpha value is -1.35. The number of amides is 3. The summed E-state index contributed by atoms with van der Waals surface area (Å²) in [5.41, 5.74) is -2.82. The maximum atomic E-state index is 12.9. The Balaban J connectivity index is 2.61. The van der Waals surface area contributed by atoms with E-state index in [1.807, 2.05) is 13.8 Å². The number of carbonyl (C=O) groups excluding carboxylic acids is 2. The lowest BCUT2D eigenvalue weighted by molar-refractivity contribution is -0.275. The molecule has 6 nitrogen and oxygen atoms in total. The Morgan fingerprint density at radius 3 is 2.43 bits per heavy atom. The predicted octanol–water partition coefficient (Wildman–Crippen LogP) is 1.25. The minimum absolute atomic E-state index is 0.118. The summed E-state index contributed by atoms with van der Waals surface area (Å²) in [6.07, 6.45) is -5.03. The second-order valence-electron chi connectivity index (χ2n) is 6.37. The standard InChI is InChI=1S/C14H24F3N3O3/c1-9(2)7-18-12(22)19-11(21)10(3)20-6-4-5-13(23,8-20)14(15,16)17/h9-10,23H,4-8H2,1-3H3,(H2,18,19,21,22)/t10-,13+/m1/s1. The van der Waals surface area contributed by atoms with Crippen LogP contribution < -0.4 is 10.6 Å². The number of β-amino-alcohol motifs (C(OH)–C–C–N with tert-alkyl or cyclic N) is 1. The molecule has 0 unspecified atom stereocenters. The van der Waals surface area contributed by atoms with Gasteiger partial charge >= 0.3 is 12.2 Å². The lowest BCUT2D eigenvalue weighted by Gasteiger charge is -2.42. The fraction of sp³-hybridized carbons (Fsp3) is 0.857. The predicted molar refractivity (Wildman–Crippen MR) is 77.7 cm³/mol. The van der Waals surface area contributed by atoms with Gasteiger partial charge in [-0.25, -0.2) is 4.79 Å². The fourth-order valence-electron chi connectivity index (χ4n) is 2.35. The Kier molecular flexibility index (Phi) is 6.41. The first-order chi connectivity index (χ1) is 10.5. The zero-order chi connectivity index (χ0) is 17.8. The largest absolute Gasteiger partial charge is 0.418 e. The van der Waals surface area contributed by atoms with Crippen LogP contribution in [-0.4, -0.2) is 59.4 Å². The van der Waals surface area contributed by atoms with Gasteiger partial charge in [0.2, 0.25) is 5.91 Å². The Morgan fingerprint density at radius 1 is 1.30 bits per heavy atom. The lowest BCUT2D eigenvalue weighted by Crippen LogP contribution is -2.61. The first-order valence-corrected chi connectivity index (χ1v) is 7.58. The second kappa shape index (κ2) is 7.48. The third-order valence-electron chi connectivity index (χ3n) is 3.86.